The molecule has 2 heterocycles. The van der Waals surface area contributed by atoms with E-state index < -0.39 is 0 Å². The Morgan fingerprint density at radius 1 is 1.23 bits per heavy atom. The first-order valence-electron chi connectivity index (χ1n) is 8.55. The number of unbranched alkanes of at least 4 members (excludes halogenated alkanes) is 1. The molecule has 0 aliphatic carbocycles. The predicted molar refractivity (Wildman–Crippen MR) is 103 cm³/mol. The van der Waals surface area contributed by atoms with Gasteiger partial charge in [0.05, 0.1) is 13.2 Å². The Bertz CT molecular complexity index is 321. The Labute approximate surface area is 152 Å². The molecule has 6 heteroatoms. The number of halogens is 1. The number of hydrogen-bond acceptors (Lipinski definition) is 3. The average Bonchev–Trinajstić information content (AvgIpc) is 2.52. The van der Waals surface area contributed by atoms with Gasteiger partial charge in [-0.05, 0) is 38.1 Å². The number of guanidine groups is 1. The maximum atomic E-state index is 5.37. The fourth-order valence-electron chi connectivity index (χ4n) is 3.20. The van der Waals surface area contributed by atoms with Gasteiger partial charge in [-0.2, -0.15) is 0 Å². The van der Waals surface area contributed by atoms with Gasteiger partial charge in [-0.1, -0.05) is 6.92 Å². The molecular formula is C16H33IN4O. The largest absolute Gasteiger partial charge is 0.379 e. The summed E-state index contributed by atoms with van der Waals surface area (Å²) in [6.45, 7) is 10.9. The van der Waals surface area contributed by atoms with Crippen molar-refractivity contribution in [2.45, 2.75) is 32.6 Å². The van der Waals surface area contributed by atoms with Crippen LogP contribution >= 0.6 is 24.0 Å². The standard InChI is InChI=1S/C16H32N4O.HI/c1-15-6-5-9-20(14-15)16(17-2)18-7-3-4-8-19-10-12-21-13-11-19;/h15H,3-14H2,1-2H3,(H,17,18);1H. The first kappa shape index (κ1) is 20.0. The molecule has 1 unspecified atom stereocenters. The van der Waals surface area contributed by atoms with Crippen LogP contribution in [0.5, 0.6) is 0 Å². The third-order valence-corrected chi connectivity index (χ3v) is 4.46. The molecule has 2 saturated heterocycles. The van der Waals surface area contributed by atoms with Crippen LogP contribution in [0.3, 0.4) is 0 Å². The van der Waals surface area contributed by atoms with Crippen LogP contribution in [-0.4, -0.2) is 75.3 Å². The van der Waals surface area contributed by atoms with Crippen molar-refractivity contribution in [3.05, 3.63) is 0 Å². The Kier molecular flexibility index (Phi) is 10.4. The van der Waals surface area contributed by atoms with E-state index in [0.29, 0.717) is 0 Å². The first-order chi connectivity index (χ1) is 10.3. The van der Waals surface area contributed by atoms with Gasteiger partial charge < -0.3 is 15.0 Å². The van der Waals surface area contributed by atoms with Crippen LogP contribution in [0.15, 0.2) is 4.99 Å². The molecule has 1 atom stereocenters. The number of aliphatic imine (C=N–C) groups is 1. The van der Waals surface area contributed by atoms with Crippen molar-refractivity contribution >= 4 is 29.9 Å². The number of piperidine rings is 1. The highest BCUT2D eigenvalue weighted by atomic mass is 127. The molecule has 2 fully saturated rings. The lowest BCUT2D eigenvalue weighted by molar-refractivity contribution is 0.0372. The molecule has 2 aliphatic heterocycles. The number of likely N-dealkylation sites (tertiary alicyclic amines) is 1. The quantitative estimate of drug-likeness (QED) is 0.317. The van der Waals surface area contributed by atoms with E-state index in [9.17, 15) is 0 Å². The summed E-state index contributed by atoms with van der Waals surface area (Å²) in [7, 11) is 1.90. The van der Waals surface area contributed by atoms with E-state index in [2.05, 4.69) is 27.0 Å². The summed E-state index contributed by atoms with van der Waals surface area (Å²) < 4.78 is 5.37. The van der Waals surface area contributed by atoms with E-state index >= 15 is 0 Å². The second-order valence-corrected chi connectivity index (χ2v) is 6.33. The summed E-state index contributed by atoms with van der Waals surface area (Å²) in [6.07, 6.45) is 5.10. The zero-order valence-corrected chi connectivity index (χ0v) is 16.6. The van der Waals surface area contributed by atoms with Crippen LogP contribution in [0.2, 0.25) is 0 Å². The zero-order chi connectivity index (χ0) is 14.9. The minimum atomic E-state index is 0. The monoisotopic (exact) mass is 424 g/mol. The fraction of sp³-hybridized carbons (Fsp3) is 0.938. The molecule has 1 N–H and O–H groups in total. The van der Waals surface area contributed by atoms with Crippen LogP contribution in [-0.2, 0) is 4.74 Å². The van der Waals surface area contributed by atoms with Gasteiger partial charge in [0.2, 0.25) is 0 Å². The minimum Gasteiger partial charge on any atom is -0.379 e. The molecule has 0 aromatic heterocycles. The van der Waals surface area contributed by atoms with Crippen molar-refractivity contribution in [2.75, 3.05) is 59.5 Å². The summed E-state index contributed by atoms with van der Waals surface area (Å²) in [5.41, 5.74) is 0. The van der Waals surface area contributed by atoms with E-state index in [-0.39, 0.29) is 24.0 Å². The number of nitrogens with zero attached hydrogens (tertiary/aromatic N) is 3. The van der Waals surface area contributed by atoms with Crippen LogP contribution in [0.4, 0.5) is 0 Å². The molecule has 2 rings (SSSR count). The second-order valence-electron chi connectivity index (χ2n) is 6.33. The maximum absolute atomic E-state index is 5.37. The van der Waals surface area contributed by atoms with E-state index in [1.54, 1.807) is 0 Å². The van der Waals surface area contributed by atoms with Gasteiger partial charge in [0.1, 0.15) is 0 Å². The molecule has 0 amide bonds. The topological polar surface area (TPSA) is 40.1 Å². The van der Waals surface area contributed by atoms with Crippen molar-refractivity contribution in [3.8, 4) is 0 Å². The SMILES string of the molecule is CN=C(NCCCCN1CCOCC1)N1CCCC(C)C1.I. The normalized spacial score (nSPS) is 24.0. The molecule has 0 saturated carbocycles. The van der Waals surface area contributed by atoms with Crippen molar-refractivity contribution < 1.29 is 4.74 Å². The number of hydrogen-bond donors (Lipinski definition) is 1. The second kappa shape index (κ2) is 11.5. The molecular weight excluding hydrogens is 391 g/mol. The van der Waals surface area contributed by atoms with Crippen LogP contribution in [0, 0.1) is 5.92 Å². The highest BCUT2D eigenvalue weighted by Crippen LogP contribution is 2.15. The molecule has 0 aromatic rings. The maximum Gasteiger partial charge on any atom is 0.193 e. The number of rotatable bonds is 5. The third-order valence-electron chi connectivity index (χ3n) is 4.46. The van der Waals surface area contributed by atoms with Crippen molar-refractivity contribution in [2.24, 2.45) is 10.9 Å². The molecule has 0 bridgehead atoms. The lowest BCUT2D eigenvalue weighted by atomic mass is 10.0. The van der Waals surface area contributed by atoms with Crippen LogP contribution in [0.1, 0.15) is 32.6 Å². The summed E-state index contributed by atoms with van der Waals surface area (Å²) in [4.78, 5) is 9.36. The van der Waals surface area contributed by atoms with Crippen molar-refractivity contribution in [3.63, 3.8) is 0 Å². The highest BCUT2D eigenvalue weighted by molar-refractivity contribution is 14.0. The average molecular weight is 424 g/mol. The summed E-state index contributed by atoms with van der Waals surface area (Å²) in [5, 5.41) is 3.53. The first-order valence-corrected chi connectivity index (χ1v) is 8.55. The number of ether oxygens (including phenoxy) is 1. The molecule has 0 radical (unpaired) electrons. The molecule has 5 nitrogen and oxygen atoms in total. The number of nitrogens with one attached hydrogen (secondary N) is 1. The third kappa shape index (κ3) is 7.00. The van der Waals surface area contributed by atoms with Crippen LogP contribution < -0.4 is 5.32 Å². The zero-order valence-electron chi connectivity index (χ0n) is 14.2. The summed E-state index contributed by atoms with van der Waals surface area (Å²) in [6, 6.07) is 0. The fourth-order valence-corrected chi connectivity index (χ4v) is 3.20. The Morgan fingerprint density at radius 3 is 2.68 bits per heavy atom. The van der Waals surface area contributed by atoms with Crippen LogP contribution in [0.25, 0.3) is 0 Å². The highest BCUT2D eigenvalue weighted by Gasteiger charge is 2.18. The predicted octanol–water partition coefficient (Wildman–Crippen LogP) is 2.02. The smallest absolute Gasteiger partial charge is 0.193 e. The van der Waals surface area contributed by atoms with Crippen molar-refractivity contribution in [1.82, 2.24) is 15.1 Å². The lowest BCUT2D eigenvalue weighted by Crippen LogP contribution is -2.46. The molecule has 130 valence electrons. The minimum absolute atomic E-state index is 0. The van der Waals surface area contributed by atoms with Gasteiger partial charge >= 0.3 is 0 Å². The number of morpholine rings is 1. The summed E-state index contributed by atoms with van der Waals surface area (Å²) in [5.74, 6) is 1.88. The van der Waals surface area contributed by atoms with Gasteiger partial charge in [-0.3, -0.25) is 9.89 Å². The molecule has 22 heavy (non-hydrogen) atoms. The van der Waals surface area contributed by atoms with E-state index in [1.165, 1.54) is 32.2 Å². The Balaban J connectivity index is 0.00000242. The van der Waals surface area contributed by atoms with Gasteiger partial charge in [0.25, 0.3) is 0 Å². The van der Waals surface area contributed by atoms with Gasteiger partial charge in [-0.25, -0.2) is 0 Å². The molecule has 0 aromatic carbocycles. The van der Waals surface area contributed by atoms with Gasteiger partial charge in [-0.15, -0.1) is 24.0 Å². The summed E-state index contributed by atoms with van der Waals surface area (Å²) >= 11 is 0. The van der Waals surface area contributed by atoms with Crippen molar-refractivity contribution in [1.29, 1.82) is 0 Å². The molecule has 0 spiro atoms. The van der Waals surface area contributed by atoms with E-state index in [0.717, 1.165) is 57.8 Å². The van der Waals surface area contributed by atoms with Gasteiger partial charge in [0, 0.05) is 39.8 Å². The Hall–Kier alpha value is -0.0800. The van der Waals surface area contributed by atoms with E-state index in [4.69, 9.17) is 4.74 Å². The Morgan fingerprint density at radius 2 is 2.00 bits per heavy atom. The molecule has 2 aliphatic rings. The van der Waals surface area contributed by atoms with Gasteiger partial charge in [0.15, 0.2) is 5.96 Å². The lowest BCUT2D eigenvalue weighted by Gasteiger charge is -2.33. The van der Waals surface area contributed by atoms with E-state index in [1.807, 2.05) is 7.05 Å².